The summed E-state index contributed by atoms with van der Waals surface area (Å²) < 4.78 is 18.9. The molecular formula is C11H13ClFN3O3. The van der Waals surface area contributed by atoms with Gasteiger partial charge in [-0.1, -0.05) is 11.6 Å². The van der Waals surface area contributed by atoms with Crippen LogP contribution in [0.1, 0.15) is 12.8 Å². The summed E-state index contributed by atoms with van der Waals surface area (Å²) in [5, 5.41) is 8.32. The summed E-state index contributed by atoms with van der Waals surface area (Å²) in [5.41, 5.74) is 0. The van der Waals surface area contributed by atoms with Gasteiger partial charge in [-0.2, -0.15) is 4.39 Å². The lowest BCUT2D eigenvalue weighted by Crippen LogP contribution is -2.38. The van der Waals surface area contributed by atoms with Crippen LogP contribution in [0.15, 0.2) is 6.33 Å². The van der Waals surface area contributed by atoms with Gasteiger partial charge in [0.05, 0.1) is 6.10 Å². The number of aliphatic carboxylic acids is 1. The first-order valence-corrected chi connectivity index (χ1v) is 6.20. The minimum absolute atomic E-state index is 0.118. The molecule has 0 unspecified atom stereocenters. The molecule has 1 fully saturated rings. The van der Waals surface area contributed by atoms with E-state index in [1.807, 2.05) is 0 Å². The molecule has 1 aromatic heterocycles. The average molecular weight is 290 g/mol. The molecule has 2 heterocycles. The van der Waals surface area contributed by atoms with Gasteiger partial charge >= 0.3 is 5.97 Å². The van der Waals surface area contributed by atoms with Gasteiger partial charge in [0, 0.05) is 13.1 Å². The first-order valence-electron chi connectivity index (χ1n) is 5.82. The van der Waals surface area contributed by atoms with Crippen LogP contribution in [-0.2, 0) is 9.53 Å². The van der Waals surface area contributed by atoms with Crippen LogP contribution in [0.4, 0.5) is 10.2 Å². The maximum absolute atomic E-state index is 13.7. The van der Waals surface area contributed by atoms with E-state index in [9.17, 15) is 9.18 Å². The Balaban J connectivity index is 1.92. The second kappa shape index (κ2) is 6.12. The van der Waals surface area contributed by atoms with Gasteiger partial charge in [-0.25, -0.2) is 14.8 Å². The topological polar surface area (TPSA) is 75.6 Å². The van der Waals surface area contributed by atoms with Crippen molar-refractivity contribution in [1.29, 1.82) is 0 Å². The lowest BCUT2D eigenvalue weighted by Gasteiger charge is -2.32. The quantitative estimate of drug-likeness (QED) is 0.843. The zero-order valence-electron chi connectivity index (χ0n) is 10.1. The van der Waals surface area contributed by atoms with E-state index in [1.54, 1.807) is 4.90 Å². The van der Waals surface area contributed by atoms with E-state index >= 15 is 0 Å². The zero-order chi connectivity index (χ0) is 13.8. The first-order chi connectivity index (χ1) is 9.08. The van der Waals surface area contributed by atoms with Crippen LogP contribution in [0.25, 0.3) is 0 Å². The van der Waals surface area contributed by atoms with Crippen LogP contribution < -0.4 is 4.90 Å². The van der Waals surface area contributed by atoms with Gasteiger partial charge in [-0.3, -0.25) is 0 Å². The molecule has 0 saturated carbocycles. The molecule has 1 N–H and O–H groups in total. The highest BCUT2D eigenvalue weighted by molar-refractivity contribution is 6.29. The maximum Gasteiger partial charge on any atom is 0.329 e. The summed E-state index contributed by atoms with van der Waals surface area (Å²) in [6.07, 6.45) is 2.34. The van der Waals surface area contributed by atoms with Crippen LogP contribution in [0.2, 0.25) is 5.15 Å². The molecule has 0 bridgehead atoms. The monoisotopic (exact) mass is 289 g/mol. The lowest BCUT2D eigenvalue weighted by molar-refractivity contribution is -0.144. The van der Waals surface area contributed by atoms with Crippen molar-refractivity contribution in [3.8, 4) is 0 Å². The molecule has 0 atom stereocenters. The predicted molar refractivity (Wildman–Crippen MR) is 65.8 cm³/mol. The molecule has 2 rings (SSSR count). The standard InChI is InChI=1S/C11H13ClFN3O3/c12-10-9(13)11(15-6-14-10)16-3-1-7(2-4-16)19-5-8(17)18/h6-7H,1-5H2,(H,17,18). The van der Waals surface area contributed by atoms with Crippen molar-refractivity contribution >= 4 is 23.4 Å². The number of anilines is 1. The minimum Gasteiger partial charge on any atom is -0.480 e. The van der Waals surface area contributed by atoms with Crippen molar-refractivity contribution < 1.29 is 19.0 Å². The molecule has 0 amide bonds. The molecule has 104 valence electrons. The molecule has 1 aliphatic heterocycles. The fourth-order valence-electron chi connectivity index (χ4n) is 1.98. The lowest BCUT2D eigenvalue weighted by atomic mass is 10.1. The Morgan fingerprint density at radius 3 is 2.84 bits per heavy atom. The Labute approximate surface area is 114 Å². The van der Waals surface area contributed by atoms with Gasteiger partial charge in [0.15, 0.2) is 11.0 Å². The molecule has 6 nitrogen and oxygen atoms in total. The summed E-state index contributed by atoms with van der Waals surface area (Å²) in [6.45, 7) is 0.765. The average Bonchev–Trinajstić information content (AvgIpc) is 2.40. The summed E-state index contributed by atoms with van der Waals surface area (Å²) in [5.74, 6) is -1.44. The van der Waals surface area contributed by atoms with Crippen molar-refractivity contribution in [2.45, 2.75) is 18.9 Å². The van der Waals surface area contributed by atoms with Crippen LogP contribution in [0.3, 0.4) is 0 Å². The van der Waals surface area contributed by atoms with Crippen molar-refractivity contribution in [2.75, 3.05) is 24.6 Å². The number of piperidine rings is 1. The Bertz CT molecular complexity index is 466. The van der Waals surface area contributed by atoms with E-state index < -0.39 is 11.8 Å². The Morgan fingerprint density at radius 1 is 1.53 bits per heavy atom. The van der Waals surface area contributed by atoms with Gasteiger partial charge in [-0.15, -0.1) is 0 Å². The predicted octanol–water partition coefficient (Wildman–Crippen LogP) is 1.34. The number of nitrogens with zero attached hydrogens (tertiary/aromatic N) is 3. The maximum atomic E-state index is 13.7. The van der Waals surface area contributed by atoms with Crippen LogP contribution in [0, 0.1) is 5.82 Å². The summed E-state index contributed by atoms with van der Waals surface area (Å²) in [6, 6.07) is 0. The van der Waals surface area contributed by atoms with Crippen molar-refractivity contribution in [3.63, 3.8) is 0 Å². The molecule has 19 heavy (non-hydrogen) atoms. The first kappa shape index (κ1) is 14.0. The van der Waals surface area contributed by atoms with Crippen LogP contribution in [-0.4, -0.2) is 46.8 Å². The van der Waals surface area contributed by atoms with Crippen LogP contribution >= 0.6 is 11.6 Å². The number of carboxylic acids is 1. The minimum atomic E-state index is -0.990. The Kier molecular flexibility index (Phi) is 4.49. The number of ether oxygens (including phenoxy) is 1. The molecule has 1 aromatic rings. The molecule has 1 saturated heterocycles. The number of halogens is 2. The fraction of sp³-hybridized carbons (Fsp3) is 0.545. The summed E-state index contributed by atoms with van der Waals surface area (Å²) in [4.78, 5) is 19.6. The van der Waals surface area contributed by atoms with E-state index in [2.05, 4.69) is 9.97 Å². The second-order valence-corrected chi connectivity index (χ2v) is 4.55. The Morgan fingerprint density at radius 2 is 2.21 bits per heavy atom. The molecule has 0 aliphatic carbocycles. The number of carbonyl (C=O) groups is 1. The normalized spacial score (nSPS) is 16.6. The largest absolute Gasteiger partial charge is 0.480 e. The van der Waals surface area contributed by atoms with Crippen molar-refractivity contribution in [1.82, 2.24) is 9.97 Å². The third-order valence-corrected chi connectivity index (χ3v) is 3.18. The SMILES string of the molecule is O=C(O)COC1CCN(c2ncnc(Cl)c2F)CC1. The molecule has 0 aromatic carbocycles. The van der Waals surface area contributed by atoms with Gasteiger partial charge in [0.25, 0.3) is 0 Å². The highest BCUT2D eigenvalue weighted by Gasteiger charge is 2.24. The Hall–Kier alpha value is -1.47. The van der Waals surface area contributed by atoms with Crippen molar-refractivity contribution in [3.05, 3.63) is 17.3 Å². The number of aromatic nitrogens is 2. The zero-order valence-corrected chi connectivity index (χ0v) is 10.8. The van der Waals surface area contributed by atoms with E-state index in [0.29, 0.717) is 25.9 Å². The van der Waals surface area contributed by atoms with E-state index in [4.69, 9.17) is 21.4 Å². The summed E-state index contributed by atoms with van der Waals surface area (Å²) in [7, 11) is 0. The van der Waals surface area contributed by atoms with E-state index in [1.165, 1.54) is 6.33 Å². The third-order valence-electron chi connectivity index (χ3n) is 2.91. The van der Waals surface area contributed by atoms with Gasteiger partial charge in [-0.05, 0) is 12.8 Å². The molecule has 8 heteroatoms. The third kappa shape index (κ3) is 3.51. The van der Waals surface area contributed by atoms with Gasteiger partial charge in [0.2, 0.25) is 5.82 Å². The fourth-order valence-corrected chi connectivity index (χ4v) is 2.11. The number of hydrogen-bond acceptors (Lipinski definition) is 5. The molecule has 0 radical (unpaired) electrons. The molecular weight excluding hydrogens is 277 g/mol. The molecule has 0 spiro atoms. The highest BCUT2D eigenvalue weighted by Crippen LogP contribution is 2.24. The highest BCUT2D eigenvalue weighted by atomic mass is 35.5. The van der Waals surface area contributed by atoms with E-state index in [0.717, 1.165) is 0 Å². The van der Waals surface area contributed by atoms with Crippen molar-refractivity contribution in [2.24, 2.45) is 0 Å². The summed E-state index contributed by atoms with van der Waals surface area (Å²) >= 11 is 5.60. The second-order valence-electron chi connectivity index (χ2n) is 4.19. The van der Waals surface area contributed by atoms with Crippen LogP contribution in [0.5, 0.6) is 0 Å². The van der Waals surface area contributed by atoms with E-state index in [-0.39, 0.29) is 23.7 Å². The van der Waals surface area contributed by atoms with Gasteiger partial charge < -0.3 is 14.7 Å². The smallest absolute Gasteiger partial charge is 0.329 e. The number of hydrogen-bond donors (Lipinski definition) is 1. The number of carboxylic acid groups (broad SMARTS) is 1. The molecule has 1 aliphatic rings. The number of rotatable bonds is 4. The van der Waals surface area contributed by atoms with Gasteiger partial charge in [0.1, 0.15) is 12.9 Å².